The zero-order valence-electron chi connectivity index (χ0n) is 8.65. The highest BCUT2D eigenvalue weighted by atomic mass is 28.4. The van der Waals surface area contributed by atoms with Gasteiger partial charge in [0.2, 0.25) is 0 Å². The standard InChI is InChI=1S/C8H22N2OSi/c1-8(2)10-6-5-9-7-12(3,4)11/h8-11H,5-7H2,1-4H3. The number of rotatable bonds is 6. The largest absolute Gasteiger partial charge is 0.431 e. The van der Waals surface area contributed by atoms with E-state index in [4.69, 9.17) is 0 Å². The van der Waals surface area contributed by atoms with Gasteiger partial charge in [0.25, 0.3) is 0 Å². The summed E-state index contributed by atoms with van der Waals surface area (Å²) in [6.45, 7) is 10.1. The molecule has 0 aromatic heterocycles. The van der Waals surface area contributed by atoms with E-state index in [1.54, 1.807) is 0 Å². The highest BCUT2D eigenvalue weighted by molar-refractivity contribution is 6.69. The maximum atomic E-state index is 9.48. The molecule has 4 heteroatoms. The van der Waals surface area contributed by atoms with Crippen LogP contribution in [0.5, 0.6) is 0 Å². The summed E-state index contributed by atoms with van der Waals surface area (Å²) in [4.78, 5) is 9.48. The Labute approximate surface area is 76.7 Å². The van der Waals surface area contributed by atoms with E-state index in [0.29, 0.717) is 6.04 Å². The SMILES string of the molecule is CC(C)NCCNC[Si](C)(C)O. The van der Waals surface area contributed by atoms with Gasteiger partial charge < -0.3 is 15.4 Å². The quantitative estimate of drug-likeness (QED) is 0.417. The third-order valence-electron chi connectivity index (χ3n) is 1.41. The molecule has 0 heterocycles. The fourth-order valence-electron chi connectivity index (χ4n) is 0.844. The molecule has 0 aromatic rings. The van der Waals surface area contributed by atoms with E-state index in [1.165, 1.54) is 0 Å². The lowest BCUT2D eigenvalue weighted by Crippen LogP contribution is -2.42. The first-order chi connectivity index (χ1) is 5.42. The van der Waals surface area contributed by atoms with Crippen LogP contribution in [-0.4, -0.2) is 38.4 Å². The molecule has 0 saturated heterocycles. The molecule has 0 spiro atoms. The molecule has 0 unspecified atom stereocenters. The molecule has 0 aliphatic rings. The van der Waals surface area contributed by atoms with Gasteiger partial charge in [-0.05, 0) is 13.1 Å². The molecule has 3 N–H and O–H groups in total. The predicted octanol–water partition coefficient (Wildman–Crippen LogP) is 0.311. The van der Waals surface area contributed by atoms with Crippen molar-refractivity contribution in [1.82, 2.24) is 10.6 Å². The molecule has 0 aromatic carbocycles. The van der Waals surface area contributed by atoms with Crippen molar-refractivity contribution >= 4 is 8.32 Å². The zero-order chi connectivity index (χ0) is 9.61. The van der Waals surface area contributed by atoms with E-state index in [9.17, 15) is 4.80 Å². The molecule has 0 bridgehead atoms. The number of nitrogens with one attached hydrogen (secondary N) is 2. The lowest BCUT2D eigenvalue weighted by atomic mass is 10.4. The first kappa shape index (κ1) is 12.1. The maximum absolute atomic E-state index is 9.48. The Balaban J connectivity index is 3.12. The van der Waals surface area contributed by atoms with Gasteiger partial charge in [0.15, 0.2) is 8.32 Å². The van der Waals surface area contributed by atoms with Gasteiger partial charge in [-0.1, -0.05) is 13.8 Å². The van der Waals surface area contributed by atoms with Crippen LogP contribution in [0.2, 0.25) is 13.1 Å². The van der Waals surface area contributed by atoms with Crippen molar-refractivity contribution in [3.63, 3.8) is 0 Å². The second kappa shape index (κ2) is 5.69. The molecule has 12 heavy (non-hydrogen) atoms. The van der Waals surface area contributed by atoms with Crippen LogP contribution >= 0.6 is 0 Å². The Morgan fingerprint density at radius 3 is 2.25 bits per heavy atom. The van der Waals surface area contributed by atoms with Crippen LogP contribution in [0, 0.1) is 0 Å². The molecule has 74 valence electrons. The van der Waals surface area contributed by atoms with E-state index in [1.807, 2.05) is 13.1 Å². The van der Waals surface area contributed by atoms with Gasteiger partial charge >= 0.3 is 0 Å². The van der Waals surface area contributed by atoms with Gasteiger partial charge in [-0.15, -0.1) is 0 Å². The lowest BCUT2D eigenvalue weighted by Gasteiger charge is -2.15. The normalized spacial score (nSPS) is 12.5. The average molecular weight is 190 g/mol. The lowest BCUT2D eigenvalue weighted by molar-refractivity contribution is 0.525. The summed E-state index contributed by atoms with van der Waals surface area (Å²) in [5.74, 6) is 0. The highest BCUT2D eigenvalue weighted by Crippen LogP contribution is 1.90. The van der Waals surface area contributed by atoms with E-state index in [-0.39, 0.29) is 0 Å². The van der Waals surface area contributed by atoms with Crippen LogP contribution in [0.25, 0.3) is 0 Å². The molecule has 0 aliphatic heterocycles. The van der Waals surface area contributed by atoms with Gasteiger partial charge in [-0.2, -0.15) is 0 Å². The summed E-state index contributed by atoms with van der Waals surface area (Å²) < 4.78 is 0. The number of hydrogen-bond acceptors (Lipinski definition) is 3. The van der Waals surface area contributed by atoms with E-state index < -0.39 is 8.32 Å². The molecule has 0 atom stereocenters. The van der Waals surface area contributed by atoms with Crippen molar-refractivity contribution in [2.75, 3.05) is 19.3 Å². The summed E-state index contributed by atoms with van der Waals surface area (Å²) in [5, 5.41) is 6.53. The van der Waals surface area contributed by atoms with Gasteiger partial charge in [-0.25, -0.2) is 0 Å². The molecular formula is C8H22N2OSi. The van der Waals surface area contributed by atoms with E-state index in [2.05, 4.69) is 24.5 Å². The smallest absolute Gasteiger partial charge is 0.196 e. The minimum Gasteiger partial charge on any atom is -0.431 e. The maximum Gasteiger partial charge on any atom is 0.196 e. The van der Waals surface area contributed by atoms with Crippen LogP contribution in [0.3, 0.4) is 0 Å². The fourth-order valence-corrected chi connectivity index (χ4v) is 1.63. The second-order valence-corrected chi connectivity index (χ2v) is 8.08. The Morgan fingerprint density at radius 1 is 1.25 bits per heavy atom. The van der Waals surface area contributed by atoms with Crippen LogP contribution in [0.4, 0.5) is 0 Å². The van der Waals surface area contributed by atoms with Crippen molar-refractivity contribution in [1.29, 1.82) is 0 Å². The van der Waals surface area contributed by atoms with Crippen LogP contribution in [-0.2, 0) is 0 Å². The summed E-state index contributed by atoms with van der Waals surface area (Å²) >= 11 is 0. The molecule has 0 amide bonds. The molecule has 0 saturated carbocycles. The summed E-state index contributed by atoms with van der Waals surface area (Å²) in [6, 6.07) is 0.547. The Bertz CT molecular complexity index is 112. The summed E-state index contributed by atoms with van der Waals surface area (Å²) in [7, 11) is -1.87. The molecule has 0 rings (SSSR count). The minimum atomic E-state index is -1.87. The fraction of sp³-hybridized carbons (Fsp3) is 1.00. The molecule has 0 radical (unpaired) electrons. The highest BCUT2D eigenvalue weighted by Gasteiger charge is 2.14. The zero-order valence-corrected chi connectivity index (χ0v) is 9.65. The van der Waals surface area contributed by atoms with E-state index >= 15 is 0 Å². The van der Waals surface area contributed by atoms with Crippen molar-refractivity contribution in [3.05, 3.63) is 0 Å². The van der Waals surface area contributed by atoms with Crippen molar-refractivity contribution < 1.29 is 4.80 Å². The first-order valence-corrected chi connectivity index (χ1v) is 7.74. The number of hydrogen-bond donors (Lipinski definition) is 3. The topological polar surface area (TPSA) is 44.3 Å². The average Bonchev–Trinajstić information content (AvgIpc) is 1.83. The Hall–Kier alpha value is 0.0969. The van der Waals surface area contributed by atoms with Gasteiger partial charge in [0, 0.05) is 25.3 Å². The summed E-state index contributed by atoms with van der Waals surface area (Å²) in [5.41, 5.74) is 0. The predicted molar refractivity (Wildman–Crippen MR) is 55.7 cm³/mol. The van der Waals surface area contributed by atoms with Crippen molar-refractivity contribution in [2.24, 2.45) is 0 Å². The third-order valence-corrected chi connectivity index (χ3v) is 2.53. The molecule has 3 nitrogen and oxygen atoms in total. The summed E-state index contributed by atoms with van der Waals surface area (Å²) in [6.07, 6.45) is 0.784. The molecule has 0 aliphatic carbocycles. The Morgan fingerprint density at radius 2 is 1.83 bits per heavy atom. The van der Waals surface area contributed by atoms with Gasteiger partial charge in [-0.3, -0.25) is 0 Å². The van der Waals surface area contributed by atoms with Crippen LogP contribution in [0.1, 0.15) is 13.8 Å². The van der Waals surface area contributed by atoms with E-state index in [0.717, 1.165) is 19.3 Å². The monoisotopic (exact) mass is 190 g/mol. The second-order valence-electron chi connectivity index (χ2n) is 4.10. The molecular weight excluding hydrogens is 168 g/mol. The molecule has 0 fully saturated rings. The van der Waals surface area contributed by atoms with Gasteiger partial charge in [0.05, 0.1) is 0 Å². The third kappa shape index (κ3) is 10.1. The van der Waals surface area contributed by atoms with Crippen LogP contribution < -0.4 is 10.6 Å². The minimum absolute atomic E-state index is 0.547. The van der Waals surface area contributed by atoms with Crippen molar-refractivity contribution in [3.8, 4) is 0 Å². The van der Waals surface area contributed by atoms with Crippen molar-refractivity contribution in [2.45, 2.75) is 33.0 Å². The van der Waals surface area contributed by atoms with Crippen LogP contribution in [0.15, 0.2) is 0 Å². The first-order valence-electron chi connectivity index (χ1n) is 4.58. The van der Waals surface area contributed by atoms with Gasteiger partial charge in [0.1, 0.15) is 0 Å². The Kier molecular flexibility index (Phi) is 5.74.